The van der Waals surface area contributed by atoms with E-state index in [0.717, 1.165) is 32.1 Å². The molecule has 0 aromatic heterocycles. The van der Waals surface area contributed by atoms with Crippen molar-refractivity contribution >= 4 is 23.4 Å². The van der Waals surface area contributed by atoms with E-state index >= 15 is 0 Å². The fraction of sp³-hybridized carbons (Fsp3) is 0.550. The molecule has 2 amide bonds. The predicted octanol–water partition coefficient (Wildman–Crippen LogP) is 2.44. The van der Waals surface area contributed by atoms with Gasteiger partial charge in [-0.3, -0.25) is 14.5 Å². The first-order valence-electron chi connectivity index (χ1n) is 9.51. The number of hydrogen-bond acceptors (Lipinski definition) is 4. The predicted molar refractivity (Wildman–Crippen MR) is 103 cm³/mol. The van der Waals surface area contributed by atoms with Crippen LogP contribution in [-0.4, -0.2) is 59.9 Å². The first kappa shape index (κ1) is 19.7. The standard InChI is InChI=1S/C20H25ClN4O2/c21-17-6-4-16(5-7-17)19(27)25-12-10-24(11-13-25)14-18(26)23-20(15-22)8-2-1-3-9-20/h4-7H,1-3,8-14H2,(H,23,26). The Morgan fingerprint density at radius 2 is 1.70 bits per heavy atom. The molecule has 6 nitrogen and oxygen atoms in total. The molecule has 1 N–H and O–H groups in total. The highest BCUT2D eigenvalue weighted by Crippen LogP contribution is 2.27. The number of carbonyl (C=O) groups is 2. The van der Waals surface area contributed by atoms with Gasteiger partial charge in [0.05, 0.1) is 12.6 Å². The number of hydrogen-bond donors (Lipinski definition) is 1. The van der Waals surface area contributed by atoms with Crippen LogP contribution in [0.5, 0.6) is 0 Å². The highest BCUT2D eigenvalue weighted by molar-refractivity contribution is 6.30. The lowest BCUT2D eigenvalue weighted by atomic mass is 9.83. The van der Waals surface area contributed by atoms with Crippen molar-refractivity contribution in [2.75, 3.05) is 32.7 Å². The monoisotopic (exact) mass is 388 g/mol. The summed E-state index contributed by atoms with van der Waals surface area (Å²) >= 11 is 5.87. The zero-order chi connectivity index (χ0) is 19.3. The first-order valence-corrected chi connectivity index (χ1v) is 9.89. The maximum Gasteiger partial charge on any atom is 0.253 e. The van der Waals surface area contributed by atoms with Crippen LogP contribution in [0.4, 0.5) is 0 Å². The lowest BCUT2D eigenvalue weighted by Crippen LogP contribution is -2.55. The molecule has 1 aliphatic carbocycles. The van der Waals surface area contributed by atoms with Crippen LogP contribution < -0.4 is 5.32 Å². The average molecular weight is 389 g/mol. The maximum atomic E-state index is 12.5. The van der Waals surface area contributed by atoms with E-state index in [1.807, 2.05) is 4.90 Å². The maximum absolute atomic E-state index is 12.5. The Morgan fingerprint density at radius 3 is 2.30 bits per heavy atom. The summed E-state index contributed by atoms with van der Waals surface area (Å²) in [5.74, 6) is -0.114. The number of benzene rings is 1. The van der Waals surface area contributed by atoms with E-state index in [9.17, 15) is 14.9 Å². The minimum atomic E-state index is -0.693. The first-order chi connectivity index (χ1) is 13.0. The normalized spacial score (nSPS) is 19.9. The second-order valence-electron chi connectivity index (χ2n) is 7.38. The molecule has 1 heterocycles. The Bertz CT molecular complexity index is 714. The quantitative estimate of drug-likeness (QED) is 0.859. The van der Waals surface area contributed by atoms with Crippen molar-refractivity contribution < 1.29 is 9.59 Å². The topological polar surface area (TPSA) is 76.4 Å². The third-order valence-electron chi connectivity index (χ3n) is 5.42. The molecule has 0 radical (unpaired) electrons. The number of amides is 2. The summed E-state index contributed by atoms with van der Waals surface area (Å²) in [5.41, 5.74) is -0.0688. The van der Waals surface area contributed by atoms with Gasteiger partial charge in [0, 0.05) is 36.8 Å². The molecule has 0 spiro atoms. The molecular weight excluding hydrogens is 364 g/mol. The third-order valence-corrected chi connectivity index (χ3v) is 5.67. The second kappa shape index (κ2) is 8.73. The van der Waals surface area contributed by atoms with Crippen LogP contribution in [0.25, 0.3) is 0 Å². The molecule has 2 fully saturated rings. The van der Waals surface area contributed by atoms with Gasteiger partial charge in [-0.2, -0.15) is 5.26 Å². The summed E-state index contributed by atoms with van der Waals surface area (Å²) in [6.07, 6.45) is 4.57. The van der Waals surface area contributed by atoms with Crippen molar-refractivity contribution in [2.24, 2.45) is 0 Å². The molecule has 7 heteroatoms. The molecule has 1 aliphatic heterocycles. The van der Waals surface area contributed by atoms with Crippen LogP contribution in [0.3, 0.4) is 0 Å². The van der Waals surface area contributed by atoms with Gasteiger partial charge in [-0.25, -0.2) is 0 Å². The highest BCUT2D eigenvalue weighted by atomic mass is 35.5. The summed E-state index contributed by atoms with van der Waals surface area (Å²) in [4.78, 5) is 28.8. The number of halogens is 1. The number of nitriles is 1. The summed E-state index contributed by atoms with van der Waals surface area (Å²) in [7, 11) is 0. The fourth-order valence-corrected chi connectivity index (χ4v) is 3.94. The van der Waals surface area contributed by atoms with E-state index in [1.54, 1.807) is 29.2 Å². The van der Waals surface area contributed by atoms with Crippen molar-refractivity contribution in [3.05, 3.63) is 34.9 Å². The van der Waals surface area contributed by atoms with E-state index in [4.69, 9.17) is 11.6 Å². The van der Waals surface area contributed by atoms with Gasteiger partial charge in [-0.05, 0) is 37.1 Å². The van der Waals surface area contributed by atoms with Gasteiger partial charge in [0.2, 0.25) is 5.91 Å². The van der Waals surface area contributed by atoms with Crippen LogP contribution in [0.1, 0.15) is 42.5 Å². The van der Waals surface area contributed by atoms with Crippen molar-refractivity contribution in [2.45, 2.75) is 37.6 Å². The van der Waals surface area contributed by atoms with E-state index in [1.165, 1.54) is 0 Å². The zero-order valence-corrected chi connectivity index (χ0v) is 16.2. The molecular formula is C20H25ClN4O2. The van der Waals surface area contributed by atoms with E-state index < -0.39 is 5.54 Å². The summed E-state index contributed by atoms with van der Waals surface area (Å²) in [6, 6.07) is 9.21. The zero-order valence-electron chi connectivity index (χ0n) is 15.4. The Morgan fingerprint density at radius 1 is 1.07 bits per heavy atom. The van der Waals surface area contributed by atoms with E-state index in [-0.39, 0.29) is 18.4 Å². The number of nitrogens with zero attached hydrogens (tertiary/aromatic N) is 3. The Labute approximate surface area is 165 Å². The molecule has 144 valence electrons. The number of piperazine rings is 1. The van der Waals surface area contributed by atoms with Gasteiger partial charge < -0.3 is 10.2 Å². The number of nitrogens with one attached hydrogen (secondary N) is 1. The van der Waals surface area contributed by atoms with Gasteiger partial charge in [0.1, 0.15) is 5.54 Å². The van der Waals surface area contributed by atoms with Crippen molar-refractivity contribution in [3.63, 3.8) is 0 Å². The lowest BCUT2D eigenvalue weighted by molar-refractivity contribution is -0.124. The molecule has 3 rings (SSSR count). The SMILES string of the molecule is N#CC1(NC(=O)CN2CCN(C(=O)c3ccc(Cl)cc3)CC2)CCCCC1. The summed E-state index contributed by atoms with van der Waals surface area (Å²) in [6.45, 7) is 2.72. The molecule has 1 saturated heterocycles. The Hall–Kier alpha value is -2.10. The Balaban J connectivity index is 1.47. The number of rotatable bonds is 4. The van der Waals surface area contributed by atoms with Crippen molar-refractivity contribution in [1.82, 2.24) is 15.1 Å². The van der Waals surface area contributed by atoms with Crippen molar-refractivity contribution in [1.29, 1.82) is 5.26 Å². The summed E-state index contributed by atoms with van der Waals surface area (Å²) in [5, 5.41) is 13.1. The summed E-state index contributed by atoms with van der Waals surface area (Å²) < 4.78 is 0. The molecule has 0 unspecified atom stereocenters. The number of carbonyl (C=O) groups excluding carboxylic acids is 2. The molecule has 1 aromatic carbocycles. The van der Waals surface area contributed by atoms with Crippen LogP contribution in [0.15, 0.2) is 24.3 Å². The van der Waals surface area contributed by atoms with Crippen LogP contribution >= 0.6 is 11.6 Å². The van der Waals surface area contributed by atoms with Gasteiger partial charge in [-0.1, -0.05) is 30.9 Å². The minimum Gasteiger partial charge on any atom is -0.337 e. The molecule has 1 saturated carbocycles. The van der Waals surface area contributed by atoms with Crippen molar-refractivity contribution in [3.8, 4) is 6.07 Å². The second-order valence-corrected chi connectivity index (χ2v) is 7.81. The van der Waals surface area contributed by atoms with E-state index in [0.29, 0.717) is 36.8 Å². The third kappa shape index (κ3) is 5.00. The van der Waals surface area contributed by atoms with Gasteiger partial charge in [-0.15, -0.1) is 0 Å². The largest absolute Gasteiger partial charge is 0.337 e. The average Bonchev–Trinajstić information content (AvgIpc) is 2.69. The van der Waals surface area contributed by atoms with Gasteiger partial charge >= 0.3 is 0 Å². The fourth-order valence-electron chi connectivity index (χ4n) is 3.81. The molecule has 1 aromatic rings. The van der Waals surface area contributed by atoms with Crippen LogP contribution in [0.2, 0.25) is 5.02 Å². The highest BCUT2D eigenvalue weighted by Gasteiger charge is 2.34. The van der Waals surface area contributed by atoms with Crippen LogP contribution in [0, 0.1) is 11.3 Å². The molecule has 2 aliphatic rings. The smallest absolute Gasteiger partial charge is 0.253 e. The van der Waals surface area contributed by atoms with Crippen LogP contribution in [-0.2, 0) is 4.79 Å². The van der Waals surface area contributed by atoms with Gasteiger partial charge in [0.25, 0.3) is 5.91 Å². The molecule has 27 heavy (non-hydrogen) atoms. The molecule has 0 bridgehead atoms. The van der Waals surface area contributed by atoms with E-state index in [2.05, 4.69) is 11.4 Å². The Kier molecular flexibility index (Phi) is 6.35. The lowest BCUT2D eigenvalue weighted by Gasteiger charge is -2.36. The molecule has 0 atom stereocenters. The van der Waals surface area contributed by atoms with Gasteiger partial charge in [0.15, 0.2) is 0 Å². The minimum absolute atomic E-state index is 0.0126.